The van der Waals surface area contributed by atoms with Crippen LogP contribution in [-0.2, 0) is 25.4 Å². The SMILES string of the molecule is COC(=O)c1cccc2c1CCCN2c1nn(C2CCCCO2)c2nc(N3CCC4(CC3)CO[C@@H](C)[C@H]4NC(=O)OC(C)(C)C)cnc12. The second kappa shape index (κ2) is 12.8. The fourth-order valence-electron chi connectivity index (χ4n) is 7.80. The van der Waals surface area contributed by atoms with Gasteiger partial charge in [-0.25, -0.2) is 24.2 Å². The molecule has 1 aromatic carbocycles. The van der Waals surface area contributed by atoms with Gasteiger partial charge >= 0.3 is 12.1 Å². The van der Waals surface area contributed by atoms with Gasteiger partial charge in [0.2, 0.25) is 0 Å². The van der Waals surface area contributed by atoms with E-state index in [1.807, 2.05) is 56.8 Å². The number of carbonyl (C=O) groups is 2. The molecule has 1 spiro atoms. The van der Waals surface area contributed by atoms with Crippen LogP contribution in [0.25, 0.3) is 11.2 Å². The predicted octanol–water partition coefficient (Wildman–Crippen LogP) is 5.29. The van der Waals surface area contributed by atoms with E-state index < -0.39 is 11.7 Å². The average molecular weight is 662 g/mol. The molecule has 258 valence electrons. The summed E-state index contributed by atoms with van der Waals surface area (Å²) in [6.45, 7) is 11.1. The van der Waals surface area contributed by atoms with E-state index in [4.69, 9.17) is 34.0 Å². The highest BCUT2D eigenvalue weighted by atomic mass is 16.6. The van der Waals surface area contributed by atoms with Crippen molar-refractivity contribution in [2.75, 3.05) is 49.8 Å². The number of piperidine rings is 1. The first-order chi connectivity index (χ1) is 23.1. The molecule has 3 saturated heterocycles. The molecule has 1 amide bonds. The highest BCUT2D eigenvalue weighted by Crippen LogP contribution is 2.44. The molecule has 3 aromatic rings. The third kappa shape index (κ3) is 6.06. The molecule has 2 aromatic heterocycles. The maximum Gasteiger partial charge on any atom is 0.407 e. The summed E-state index contributed by atoms with van der Waals surface area (Å²) >= 11 is 0. The minimum absolute atomic E-state index is 0.105. The van der Waals surface area contributed by atoms with E-state index in [9.17, 15) is 9.59 Å². The van der Waals surface area contributed by atoms with Crippen LogP contribution in [0.3, 0.4) is 0 Å². The zero-order valence-corrected chi connectivity index (χ0v) is 28.7. The number of hydrogen-bond acceptors (Lipinski definition) is 11. The van der Waals surface area contributed by atoms with E-state index in [0.717, 1.165) is 81.6 Å². The number of rotatable bonds is 5. The summed E-state index contributed by atoms with van der Waals surface area (Å²) in [4.78, 5) is 40.0. The summed E-state index contributed by atoms with van der Waals surface area (Å²) < 4.78 is 24.9. The third-order valence-electron chi connectivity index (χ3n) is 10.2. The lowest BCUT2D eigenvalue weighted by atomic mass is 9.73. The summed E-state index contributed by atoms with van der Waals surface area (Å²) in [6, 6.07) is 5.61. The smallest absolute Gasteiger partial charge is 0.407 e. The van der Waals surface area contributed by atoms with Gasteiger partial charge in [-0.05, 0) is 90.3 Å². The largest absolute Gasteiger partial charge is 0.465 e. The maximum atomic E-state index is 12.7. The number of nitrogens with one attached hydrogen (secondary N) is 1. The van der Waals surface area contributed by atoms with Crippen LogP contribution in [0, 0.1) is 5.41 Å². The second-order valence-electron chi connectivity index (χ2n) is 14.5. The first-order valence-electron chi connectivity index (χ1n) is 17.3. The van der Waals surface area contributed by atoms with E-state index in [1.165, 1.54) is 7.11 Å². The lowest BCUT2D eigenvalue weighted by Crippen LogP contribution is -2.55. The molecule has 3 fully saturated rings. The third-order valence-corrected chi connectivity index (χ3v) is 10.2. The van der Waals surface area contributed by atoms with E-state index in [0.29, 0.717) is 35.8 Å². The minimum Gasteiger partial charge on any atom is -0.465 e. The van der Waals surface area contributed by atoms with Gasteiger partial charge in [0.1, 0.15) is 11.4 Å². The van der Waals surface area contributed by atoms with Gasteiger partial charge in [0.15, 0.2) is 23.2 Å². The van der Waals surface area contributed by atoms with Gasteiger partial charge < -0.3 is 34.1 Å². The number of hydrogen-bond donors (Lipinski definition) is 1. The first kappa shape index (κ1) is 32.6. The van der Waals surface area contributed by atoms with Crippen molar-refractivity contribution >= 4 is 40.5 Å². The van der Waals surface area contributed by atoms with Gasteiger partial charge in [0.05, 0.1) is 37.6 Å². The Balaban J connectivity index is 1.18. The molecule has 13 heteroatoms. The molecular weight excluding hydrogens is 614 g/mol. The van der Waals surface area contributed by atoms with Crippen LogP contribution in [0.2, 0.25) is 0 Å². The number of aromatic nitrogens is 4. The van der Waals surface area contributed by atoms with Crippen LogP contribution in [0.15, 0.2) is 24.4 Å². The van der Waals surface area contributed by atoms with Gasteiger partial charge in [0.25, 0.3) is 0 Å². The monoisotopic (exact) mass is 661 g/mol. The summed E-state index contributed by atoms with van der Waals surface area (Å²) in [6.07, 6.45) is 7.34. The highest BCUT2D eigenvalue weighted by Gasteiger charge is 2.50. The summed E-state index contributed by atoms with van der Waals surface area (Å²) in [5, 5.41) is 8.27. The number of ether oxygens (including phenoxy) is 4. The standard InChI is InChI=1S/C35H47N7O6/c1-22-29(38-33(44)48-34(2,3)4)35(21-47-22)14-17-40(18-15-35)26-20-36-28-30(37-26)42(27-13-6-7-19-46-27)39-31(28)41-16-9-11-23-24(32(43)45-5)10-8-12-25(23)41/h8,10,12,20,22,27,29H,6-7,9,11,13-19,21H2,1-5H3,(H,38,44)/t22-,27?,29+/m0/s1. The molecule has 0 aliphatic carbocycles. The topological polar surface area (TPSA) is 133 Å². The van der Waals surface area contributed by atoms with E-state index in [1.54, 1.807) is 0 Å². The van der Waals surface area contributed by atoms with Crippen molar-refractivity contribution < 1.29 is 28.5 Å². The van der Waals surface area contributed by atoms with Gasteiger partial charge in [-0.2, -0.15) is 0 Å². The number of anilines is 3. The number of esters is 1. The van der Waals surface area contributed by atoms with Gasteiger partial charge in [-0.15, -0.1) is 5.10 Å². The van der Waals surface area contributed by atoms with Gasteiger partial charge in [-0.1, -0.05) is 6.07 Å². The van der Waals surface area contributed by atoms with Crippen LogP contribution >= 0.6 is 0 Å². The van der Waals surface area contributed by atoms with Crippen LogP contribution < -0.4 is 15.1 Å². The zero-order valence-electron chi connectivity index (χ0n) is 28.7. The Morgan fingerprint density at radius 3 is 2.62 bits per heavy atom. The van der Waals surface area contributed by atoms with Crippen LogP contribution in [-0.4, -0.2) is 89.5 Å². The van der Waals surface area contributed by atoms with E-state index in [-0.39, 0.29) is 29.8 Å². The molecule has 1 N–H and O–H groups in total. The van der Waals surface area contributed by atoms with Crippen LogP contribution in [0.4, 0.5) is 22.1 Å². The second-order valence-corrected chi connectivity index (χ2v) is 14.5. The number of benzene rings is 1. The number of fused-ring (bicyclic) bond motifs is 2. The molecule has 6 heterocycles. The average Bonchev–Trinajstić information content (AvgIpc) is 3.60. The fraction of sp³-hybridized carbons (Fsp3) is 0.629. The molecule has 0 radical (unpaired) electrons. The number of amides is 1. The van der Waals surface area contributed by atoms with Crippen molar-refractivity contribution in [3.63, 3.8) is 0 Å². The highest BCUT2D eigenvalue weighted by molar-refractivity contribution is 5.95. The molecule has 4 aliphatic heterocycles. The Hall–Kier alpha value is -3.97. The zero-order chi connectivity index (χ0) is 33.6. The molecule has 13 nitrogen and oxygen atoms in total. The Bertz CT molecular complexity index is 1670. The first-order valence-corrected chi connectivity index (χ1v) is 17.3. The van der Waals surface area contributed by atoms with Crippen molar-refractivity contribution in [1.82, 2.24) is 25.1 Å². The van der Waals surface area contributed by atoms with Gasteiger partial charge in [0, 0.05) is 37.3 Å². The molecule has 0 bridgehead atoms. The molecule has 4 aliphatic rings. The van der Waals surface area contributed by atoms with Crippen molar-refractivity contribution in [3.8, 4) is 0 Å². The number of nitrogens with zero attached hydrogens (tertiary/aromatic N) is 6. The molecule has 3 atom stereocenters. The van der Waals surface area contributed by atoms with E-state index in [2.05, 4.69) is 15.1 Å². The Labute approximate surface area is 281 Å². The summed E-state index contributed by atoms with van der Waals surface area (Å²) in [5.41, 5.74) is 3.13. The number of methoxy groups -OCH3 is 1. The summed E-state index contributed by atoms with van der Waals surface area (Å²) in [7, 11) is 1.42. The fourth-order valence-corrected chi connectivity index (χ4v) is 7.80. The van der Waals surface area contributed by atoms with Crippen LogP contribution in [0.1, 0.15) is 88.4 Å². The minimum atomic E-state index is -0.570. The number of carbonyl (C=O) groups excluding carboxylic acids is 2. The van der Waals surface area contributed by atoms with Crippen molar-refractivity contribution in [3.05, 3.63) is 35.5 Å². The predicted molar refractivity (Wildman–Crippen MR) is 180 cm³/mol. The van der Waals surface area contributed by atoms with E-state index >= 15 is 0 Å². The normalized spacial score (nSPS) is 24.1. The van der Waals surface area contributed by atoms with Crippen LogP contribution in [0.5, 0.6) is 0 Å². The lowest BCUT2D eigenvalue weighted by Gasteiger charge is -2.42. The Kier molecular flexibility index (Phi) is 8.69. The molecule has 1 unspecified atom stereocenters. The Morgan fingerprint density at radius 2 is 1.90 bits per heavy atom. The van der Waals surface area contributed by atoms with Gasteiger partial charge in [-0.3, -0.25) is 0 Å². The molecule has 0 saturated carbocycles. The quantitative estimate of drug-likeness (QED) is 0.358. The molecule has 48 heavy (non-hydrogen) atoms. The summed E-state index contributed by atoms with van der Waals surface area (Å²) in [5.74, 6) is 1.17. The van der Waals surface area contributed by atoms with Crippen molar-refractivity contribution in [2.45, 2.75) is 96.6 Å². The van der Waals surface area contributed by atoms with Crippen molar-refractivity contribution in [1.29, 1.82) is 0 Å². The molecular formula is C35H47N7O6. The maximum absolute atomic E-state index is 12.7. The Morgan fingerprint density at radius 1 is 1.08 bits per heavy atom. The number of alkyl carbamates (subject to hydrolysis) is 1. The lowest BCUT2D eigenvalue weighted by molar-refractivity contribution is -0.0368. The molecule has 7 rings (SSSR count). The van der Waals surface area contributed by atoms with Crippen molar-refractivity contribution in [2.24, 2.45) is 5.41 Å².